The quantitative estimate of drug-likeness (QED) is 0.682. The molecule has 0 aliphatic carbocycles. The van der Waals surface area contributed by atoms with Crippen molar-refractivity contribution >= 4 is 5.71 Å². The van der Waals surface area contributed by atoms with E-state index in [4.69, 9.17) is 0 Å². The second-order valence-electron chi connectivity index (χ2n) is 3.47. The van der Waals surface area contributed by atoms with Crippen molar-refractivity contribution in [2.45, 2.75) is 6.92 Å². The molecule has 0 aliphatic heterocycles. The van der Waals surface area contributed by atoms with Gasteiger partial charge in [0.05, 0.1) is 12.3 Å². The van der Waals surface area contributed by atoms with E-state index < -0.39 is 0 Å². The summed E-state index contributed by atoms with van der Waals surface area (Å²) >= 11 is 0. The lowest BCUT2D eigenvalue weighted by molar-refractivity contribution is 1.30. The lowest BCUT2D eigenvalue weighted by Gasteiger charge is -2.06. The Labute approximate surface area is 96.5 Å². The van der Waals surface area contributed by atoms with Crippen LogP contribution in [0, 0.1) is 6.54 Å². The first-order valence-electron chi connectivity index (χ1n) is 5.38. The van der Waals surface area contributed by atoms with Crippen LogP contribution in [0.3, 0.4) is 0 Å². The Morgan fingerprint density at radius 3 is 1.62 bits per heavy atom. The van der Waals surface area contributed by atoms with Crippen LogP contribution in [0.2, 0.25) is 0 Å². The molecule has 79 valence electrons. The normalized spacial score (nSPS) is 9.81. The zero-order chi connectivity index (χ0) is 11.2. The maximum Gasteiger partial charge on any atom is 0.0723 e. The van der Waals surface area contributed by atoms with Gasteiger partial charge in [-0.1, -0.05) is 60.7 Å². The van der Waals surface area contributed by atoms with Gasteiger partial charge in [-0.3, -0.25) is 4.99 Å². The highest BCUT2D eigenvalue weighted by Gasteiger charge is 2.04. The minimum atomic E-state index is 1.02. The summed E-state index contributed by atoms with van der Waals surface area (Å²) in [5.41, 5.74) is 3.31. The molecule has 0 unspecified atom stereocenters. The monoisotopic (exact) mass is 208 g/mol. The predicted molar refractivity (Wildman–Crippen MR) is 68.5 cm³/mol. The van der Waals surface area contributed by atoms with Crippen molar-refractivity contribution in [2.75, 3.05) is 0 Å². The van der Waals surface area contributed by atoms with E-state index in [2.05, 4.69) is 29.3 Å². The second-order valence-corrected chi connectivity index (χ2v) is 3.47. The zero-order valence-electron chi connectivity index (χ0n) is 9.30. The van der Waals surface area contributed by atoms with E-state index >= 15 is 0 Å². The van der Waals surface area contributed by atoms with E-state index in [9.17, 15) is 0 Å². The van der Waals surface area contributed by atoms with Gasteiger partial charge in [-0.05, 0) is 6.92 Å². The number of nitrogens with zero attached hydrogens (tertiary/aromatic N) is 1. The third-order valence-corrected chi connectivity index (χ3v) is 2.35. The first-order valence-corrected chi connectivity index (χ1v) is 5.38. The molecule has 1 nitrogen and oxygen atoms in total. The lowest BCUT2D eigenvalue weighted by Crippen LogP contribution is -2.02. The van der Waals surface area contributed by atoms with Crippen LogP contribution in [0.25, 0.3) is 0 Å². The summed E-state index contributed by atoms with van der Waals surface area (Å²) in [5.74, 6) is 0. The fraction of sp³-hybridized carbons (Fsp3) is 0.0667. The van der Waals surface area contributed by atoms with E-state index in [0.29, 0.717) is 0 Å². The summed E-state index contributed by atoms with van der Waals surface area (Å²) in [6.45, 7) is 3.77. The Balaban J connectivity index is 2.44. The first-order chi connectivity index (χ1) is 7.92. The number of rotatable bonds is 3. The van der Waals surface area contributed by atoms with Gasteiger partial charge in [0.2, 0.25) is 0 Å². The Hall–Kier alpha value is -1.89. The Bertz CT molecular complexity index is 416. The van der Waals surface area contributed by atoms with E-state index in [1.807, 2.05) is 49.9 Å². The number of hydrogen-bond donors (Lipinski definition) is 0. The maximum absolute atomic E-state index is 4.46. The number of hydrogen-bond acceptors (Lipinski definition) is 1. The Morgan fingerprint density at radius 2 is 1.25 bits per heavy atom. The van der Waals surface area contributed by atoms with Gasteiger partial charge >= 0.3 is 0 Å². The van der Waals surface area contributed by atoms with Crippen LogP contribution in [0.4, 0.5) is 0 Å². The summed E-state index contributed by atoms with van der Waals surface area (Å²) < 4.78 is 0. The number of aliphatic imine (C=N–C) groups is 1. The molecule has 0 aliphatic rings. The topological polar surface area (TPSA) is 12.4 Å². The van der Waals surface area contributed by atoms with E-state index in [1.165, 1.54) is 0 Å². The molecule has 2 aromatic carbocycles. The van der Waals surface area contributed by atoms with E-state index in [-0.39, 0.29) is 0 Å². The molecule has 0 saturated heterocycles. The fourth-order valence-corrected chi connectivity index (χ4v) is 1.64. The van der Waals surface area contributed by atoms with Crippen LogP contribution in [0.5, 0.6) is 0 Å². The lowest BCUT2D eigenvalue weighted by atomic mass is 10.0. The van der Waals surface area contributed by atoms with Gasteiger partial charge in [-0.25, -0.2) is 0 Å². The molecule has 0 heterocycles. The molecular formula is C15H14N. The van der Waals surface area contributed by atoms with Crippen LogP contribution in [0.15, 0.2) is 65.7 Å². The molecule has 0 bridgehead atoms. The van der Waals surface area contributed by atoms with Crippen molar-refractivity contribution in [1.82, 2.24) is 0 Å². The van der Waals surface area contributed by atoms with Crippen molar-refractivity contribution in [2.24, 2.45) is 4.99 Å². The molecule has 16 heavy (non-hydrogen) atoms. The molecule has 2 aromatic rings. The highest BCUT2D eigenvalue weighted by Crippen LogP contribution is 2.11. The predicted octanol–water partition coefficient (Wildman–Crippen LogP) is 3.71. The molecular weight excluding hydrogens is 194 g/mol. The summed E-state index contributed by atoms with van der Waals surface area (Å²) in [6.07, 6.45) is 0. The van der Waals surface area contributed by atoms with Gasteiger partial charge in [-0.2, -0.15) is 0 Å². The van der Waals surface area contributed by atoms with Crippen LogP contribution >= 0.6 is 0 Å². The summed E-state index contributed by atoms with van der Waals surface area (Å²) in [4.78, 5) is 4.46. The maximum atomic E-state index is 4.46. The summed E-state index contributed by atoms with van der Waals surface area (Å²) in [7, 11) is 0. The van der Waals surface area contributed by atoms with Gasteiger partial charge in [0, 0.05) is 11.1 Å². The van der Waals surface area contributed by atoms with E-state index in [0.717, 1.165) is 16.8 Å². The number of benzene rings is 2. The smallest absolute Gasteiger partial charge is 0.0723 e. The van der Waals surface area contributed by atoms with Crippen LogP contribution < -0.4 is 0 Å². The average Bonchev–Trinajstić information content (AvgIpc) is 2.38. The highest BCUT2D eigenvalue weighted by molar-refractivity contribution is 6.13. The van der Waals surface area contributed by atoms with Crippen molar-refractivity contribution in [3.05, 3.63) is 78.3 Å². The van der Waals surface area contributed by atoms with Gasteiger partial charge in [0.15, 0.2) is 0 Å². The van der Waals surface area contributed by atoms with Crippen molar-refractivity contribution < 1.29 is 0 Å². The Morgan fingerprint density at radius 1 is 0.812 bits per heavy atom. The molecule has 0 spiro atoms. The van der Waals surface area contributed by atoms with Crippen LogP contribution in [-0.2, 0) is 0 Å². The van der Waals surface area contributed by atoms with Gasteiger partial charge in [0.1, 0.15) is 0 Å². The van der Waals surface area contributed by atoms with E-state index in [1.54, 1.807) is 0 Å². The van der Waals surface area contributed by atoms with Crippen molar-refractivity contribution in [3.8, 4) is 0 Å². The molecule has 2 rings (SSSR count). The molecule has 1 heteroatoms. The third-order valence-electron chi connectivity index (χ3n) is 2.35. The second kappa shape index (κ2) is 5.26. The third kappa shape index (κ3) is 2.37. The minimum absolute atomic E-state index is 1.02. The molecule has 1 radical (unpaired) electrons. The van der Waals surface area contributed by atoms with Crippen LogP contribution in [0.1, 0.15) is 18.1 Å². The van der Waals surface area contributed by atoms with Gasteiger partial charge in [0.25, 0.3) is 0 Å². The highest BCUT2D eigenvalue weighted by atomic mass is 14.7. The average molecular weight is 208 g/mol. The molecule has 0 fully saturated rings. The summed E-state index contributed by atoms with van der Waals surface area (Å²) in [5, 5.41) is 0. The molecule has 0 saturated carbocycles. The first kappa shape index (κ1) is 10.6. The minimum Gasteiger partial charge on any atom is -0.279 e. The molecule has 0 aromatic heterocycles. The van der Waals surface area contributed by atoms with Gasteiger partial charge in [-0.15, -0.1) is 0 Å². The molecule has 0 N–H and O–H groups in total. The molecule has 0 atom stereocenters. The SMILES string of the molecule is C[CH]N=C(c1ccccc1)c1ccccc1. The molecule has 0 amide bonds. The van der Waals surface area contributed by atoms with Crippen molar-refractivity contribution in [1.29, 1.82) is 0 Å². The largest absolute Gasteiger partial charge is 0.279 e. The van der Waals surface area contributed by atoms with Crippen LogP contribution in [-0.4, -0.2) is 5.71 Å². The zero-order valence-corrected chi connectivity index (χ0v) is 9.30. The standard InChI is InChI=1S/C15H14N/c1-2-16-15(13-9-5-3-6-10-13)14-11-7-4-8-12-14/h2-12H,1H3. The summed E-state index contributed by atoms with van der Waals surface area (Å²) in [6, 6.07) is 20.5. The van der Waals surface area contributed by atoms with Crippen molar-refractivity contribution in [3.63, 3.8) is 0 Å². The Kier molecular flexibility index (Phi) is 3.50. The van der Waals surface area contributed by atoms with Gasteiger partial charge < -0.3 is 0 Å². The fourth-order valence-electron chi connectivity index (χ4n) is 1.64.